The topological polar surface area (TPSA) is 32.3 Å². The van der Waals surface area contributed by atoms with E-state index in [0.29, 0.717) is 0 Å². The molecule has 0 unspecified atom stereocenters. The Kier molecular flexibility index (Phi) is 5.78. The molecule has 6 rings (SSSR count). The van der Waals surface area contributed by atoms with E-state index in [0.717, 1.165) is 48.3 Å². The lowest BCUT2D eigenvalue weighted by molar-refractivity contribution is 0.212. The molecule has 1 saturated heterocycles. The average Bonchev–Trinajstić information content (AvgIpc) is 3.25. The smallest absolute Gasteiger partial charge is 0.141 e. The SMILES string of the molecule is Clc1ccccc1[C@H](c1ccccc1)N1CCN(c2ncnc3sc4c(c23)CCCC4)CC1. The molecule has 6 heteroatoms. The van der Waals surface area contributed by atoms with Crippen LogP contribution in [0.15, 0.2) is 60.9 Å². The second-order valence-corrected chi connectivity index (χ2v) is 10.4. The van der Waals surface area contributed by atoms with Crippen molar-refractivity contribution in [3.05, 3.63) is 87.5 Å². The van der Waals surface area contributed by atoms with Crippen LogP contribution in [0.5, 0.6) is 0 Å². The summed E-state index contributed by atoms with van der Waals surface area (Å²) >= 11 is 8.56. The minimum Gasteiger partial charge on any atom is -0.353 e. The predicted octanol–water partition coefficient (Wildman–Crippen LogP) is 6.14. The summed E-state index contributed by atoms with van der Waals surface area (Å²) in [5.41, 5.74) is 3.98. The molecular formula is C27H27ClN4S. The van der Waals surface area contributed by atoms with Crippen molar-refractivity contribution in [2.24, 2.45) is 0 Å². The first-order valence-corrected chi connectivity index (χ1v) is 13.0. The van der Waals surface area contributed by atoms with Crippen molar-refractivity contribution >= 4 is 39.0 Å². The molecule has 168 valence electrons. The number of anilines is 1. The van der Waals surface area contributed by atoms with E-state index in [1.807, 2.05) is 23.5 Å². The van der Waals surface area contributed by atoms with Crippen molar-refractivity contribution in [1.82, 2.24) is 14.9 Å². The standard InChI is InChI=1S/C27H27ClN4S/c28-22-12-6-4-10-20(22)25(19-8-2-1-3-9-19)31-14-16-32(17-15-31)26-24-21-11-5-7-13-23(21)33-27(24)30-18-29-26/h1-4,6,8-10,12,18,25H,5,7,11,13-17H2/t25-/m0/s1. The highest BCUT2D eigenvalue weighted by atomic mass is 35.5. The van der Waals surface area contributed by atoms with Gasteiger partial charge in [-0.3, -0.25) is 4.90 Å². The van der Waals surface area contributed by atoms with Crippen LogP contribution in [0, 0.1) is 0 Å². The molecule has 0 N–H and O–H groups in total. The Labute approximate surface area is 203 Å². The van der Waals surface area contributed by atoms with Crippen LogP contribution in [0.4, 0.5) is 5.82 Å². The van der Waals surface area contributed by atoms with Crippen LogP contribution in [-0.4, -0.2) is 41.0 Å². The molecule has 0 amide bonds. The zero-order valence-corrected chi connectivity index (χ0v) is 20.2. The van der Waals surface area contributed by atoms with Gasteiger partial charge < -0.3 is 4.90 Å². The number of thiophene rings is 1. The fraction of sp³-hybridized carbons (Fsp3) is 0.333. The van der Waals surface area contributed by atoms with E-state index in [2.05, 4.69) is 57.2 Å². The summed E-state index contributed by atoms with van der Waals surface area (Å²) in [5.74, 6) is 1.13. The molecule has 0 spiro atoms. The van der Waals surface area contributed by atoms with Gasteiger partial charge >= 0.3 is 0 Å². The Morgan fingerprint density at radius 2 is 1.61 bits per heavy atom. The zero-order chi connectivity index (χ0) is 22.2. The molecular weight excluding hydrogens is 448 g/mol. The molecule has 1 aliphatic carbocycles. The number of fused-ring (bicyclic) bond motifs is 3. The molecule has 2 aromatic carbocycles. The summed E-state index contributed by atoms with van der Waals surface area (Å²) in [4.78, 5) is 17.1. The van der Waals surface area contributed by atoms with Crippen LogP contribution >= 0.6 is 22.9 Å². The van der Waals surface area contributed by atoms with Gasteiger partial charge in [-0.25, -0.2) is 9.97 Å². The number of aromatic nitrogens is 2. The molecule has 33 heavy (non-hydrogen) atoms. The lowest BCUT2D eigenvalue weighted by Crippen LogP contribution is -2.48. The van der Waals surface area contributed by atoms with Gasteiger partial charge in [0.25, 0.3) is 0 Å². The Hall–Kier alpha value is -2.47. The predicted molar refractivity (Wildman–Crippen MR) is 138 cm³/mol. The first-order chi connectivity index (χ1) is 16.3. The van der Waals surface area contributed by atoms with Crippen molar-refractivity contribution < 1.29 is 0 Å². The van der Waals surface area contributed by atoms with E-state index in [1.165, 1.54) is 46.2 Å². The fourth-order valence-corrected chi connectivity index (χ4v) is 6.89. The third-order valence-electron chi connectivity index (χ3n) is 7.03. The van der Waals surface area contributed by atoms with Gasteiger partial charge in [0.2, 0.25) is 0 Å². The highest BCUT2D eigenvalue weighted by Gasteiger charge is 2.30. The molecule has 2 aliphatic rings. The molecule has 1 fully saturated rings. The second kappa shape index (κ2) is 9.05. The minimum atomic E-state index is 0.154. The van der Waals surface area contributed by atoms with Crippen molar-refractivity contribution in [3.8, 4) is 0 Å². The van der Waals surface area contributed by atoms with Gasteiger partial charge in [-0.05, 0) is 48.4 Å². The van der Waals surface area contributed by atoms with E-state index in [4.69, 9.17) is 16.6 Å². The number of aryl methyl sites for hydroxylation is 2. The number of benzene rings is 2. The van der Waals surface area contributed by atoms with E-state index in [-0.39, 0.29) is 6.04 Å². The number of hydrogen-bond donors (Lipinski definition) is 0. The molecule has 1 atom stereocenters. The first kappa shape index (κ1) is 21.1. The molecule has 4 aromatic rings. The molecule has 4 nitrogen and oxygen atoms in total. The maximum Gasteiger partial charge on any atom is 0.141 e. The average molecular weight is 475 g/mol. The summed E-state index contributed by atoms with van der Waals surface area (Å²) in [6.07, 6.45) is 6.68. The van der Waals surface area contributed by atoms with Gasteiger partial charge in [0.05, 0.1) is 11.4 Å². The van der Waals surface area contributed by atoms with Crippen molar-refractivity contribution in [2.45, 2.75) is 31.7 Å². The number of piperazine rings is 1. The van der Waals surface area contributed by atoms with Crippen LogP contribution in [0.3, 0.4) is 0 Å². The van der Waals surface area contributed by atoms with E-state index in [1.54, 1.807) is 6.33 Å². The Bertz CT molecular complexity index is 1260. The van der Waals surface area contributed by atoms with Crippen molar-refractivity contribution in [2.75, 3.05) is 31.1 Å². The third kappa shape index (κ3) is 3.92. The number of halogens is 1. The monoisotopic (exact) mass is 474 g/mol. The summed E-state index contributed by atoms with van der Waals surface area (Å²) in [7, 11) is 0. The Morgan fingerprint density at radius 1 is 0.848 bits per heavy atom. The van der Waals surface area contributed by atoms with Gasteiger partial charge in [-0.15, -0.1) is 11.3 Å². The lowest BCUT2D eigenvalue weighted by Gasteiger charge is -2.40. The van der Waals surface area contributed by atoms with Gasteiger partial charge in [-0.1, -0.05) is 60.1 Å². The quantitative estimate of drug-likeness (QED) is 0.356. The van der Waals surface area contributed by atoms with Crippen LogP contribution < -0.4 is 4.90 Å². The fourth-order valence-electron chi connectivity index (χ4n) is 5.42. The maximum atomic E-state index is 6.68. The van der Waals surface area contributed by atoms with Crippen LogP contribution in [0.25, 0.3) is 10.2 Å². The number of nitrogens with zero attached hydrogens (tertiary/aromatic N) is 4. The van der Waals surface area contributed by atoms with Gasteiger partial charge in [0.1, 0.15) is 17.0 Å². The summed E-state index contributed by atoms with van der Waals surface area (Å²) in [5, 5.41) is 2.15. The summed E-state index contributed by atoms with van der Waals surface area (Å²) in [6, 6.07) is 19.2. The normalized spacial score (nSPS) is 17.8. The van der Waals surface area contributed by atoms with Crippen LogP contribution in [-0.2, 0) is 12.8 Å². The van der Waals surface area contributed by atoms with Crippen LogP contribution in [0.1, 0.15) is 40.5 Å². The summed E-state index contributed by atoms with van der Waals surface area (Å²) < 4.78 is 0. The van der Waals surface area contributed by atoms with Gasteiger partial charge in [0, 0.05) is 36.1 Å². The maximum absolute atomic E-state index is 6.68. The molecule has 0 bridgehead atoms. The van der Waals surface area contributed by atoms with Gasteiger partial charge in [-0.2, -0.15) is 0 Å². The number of rotatable bonds is 4. The molecule has 0 radical (unpaired) electrons. The third-order valence-corrected chi connectivity index (χ3v) is 8.57. The molecule has 0 saturated carbocycles. The Balaban J connectivity index is 1.30. The minimum absolute atomic E-state index is 0.154. The zero-order valence-electron chi connectivity index (χ0n) is 18.6. The second-order valence-electron chi connectivity index (χ2n) is 8.95. The lowest BCUT2D eigenvalue weighted by atomic mass is 9.96. The highest BCUT2D eigenvalue weighted by molar-refractivity contribution is 7.19. The van der Waals surface area contributed by atoms with E-state index < -0.39 is 0 Å². The van der Waals surface area contributed by atoms with E-state index in [9.17, 15) is 0 Å². The summed E-state index contributed by atoms with van der Waals surface area (Å²) in [6.45, 7) is 3.82. The van der Waals surface area contributed by atoms with Crippen LogP contribution in [0.2, 0.25) is 5.02 Å². The molecule has 1 aliphatic heterocycles. The molecule has 2 aromatic heterocycles. The van der Waals surface area contributed by atoms with Gasteiger partial charge in [0.15, 0.2) is 0 Å². The van der Waals surface area contributed by atoms with Crippen molar-refractivity contribution in [3.63, 3.8) is 0 Å². The van der Waals surface area contributed by atoms with E-state index >= 15 is 0 Å². The van der Waals surface area contributed by atoms with Crippen molar-refractivity contribution in [1.29, 1.82) is 0 Å². The first-order valence-electron chi connectivity index (χ1n) is 11.8. The largest absolute Gasteiger partial charge is 0.353 e. The highest BCUT2D eigenvalue weighted by Crippen LogP contribution is 2.40. The molecule has 3 heterocycles. The number of hydrogen-bond acceptors (Lipinski definition) is 5. The Morgan fingerprint density at radius 3 is 2.42 bits per heavy atom.